The molecule has 0 atom stereocenters. The Morgan fingerprint density at radius 3 is 1.34 bits per heavy atom. The molecule has 0 fully saturated rings. The Labute approximate surface area is 447 Å². The second kappa shape index (κ2) is 16.8. The van der Waals surface area contributed by atoms with E-state index in [1.165, 1.54) is 78.1 Å². The molecule has 0 bridgehead atoms. The molecule has 3 heteroatoms. The third-order valence-corrected chi connectivity index (χ3v) is 16.9. The predicted octanol–water partition coefficient (Wildman–Crippen LogP) is 19.2. The predicted molar refractivity (Wildman–Crippen MR) is 317 cm³/mol. The molecule has 3 aliphatic rings. The molecule has 12 aromatic carbocycles. The first-order valence-corrected chi connectivity index (χ1v) is 26.7. The van der Waals surface area contributed by atoms with Gasteiger partial charge in [-0.05, 0) is 157 Å². The molecule has 77 heavy (non-hydrogen) atoms. The van der Waals surface area contributed by atoms with Gasteiger partial charge in [-0.1, -0.05) is 212 Å². The molecular weight excluding hydrogens is 933 g/mol. The summed E-state index contributed by atoms with van der Waals surface area (Å²) in [6.07, 6.45) is 0. The summed E-state index contributed by atoms with van der Waals surface area (Å²) in [7, 11) is 0. The lowest BCUT2D eigenvalue weighted by molar-refractivity contribution is 0.669. The van der Waals surface area contributed by atoms with Crippen LogP contribution in [-0.4, -0.2) is 0 Å². The summed E-state index contributed by atoms with van der Waals surface area (Å²) in [4.78, 5) is 4.95. The van der Waals surface area contributed by atoms with Crippen molar-refractivity contribution < 1.29 is 4.42 Å². The standard InChI is InChI=1S/C74H48N2O/c1-4-20-51(21-5-1)73(52-22-6-2-7-23-52)63-29-13-10-26-57(63)59-43-41-55(47-67(59)73)75(54-39-36-49(37-40-54)50-38-45-72-62(46-50)61-28-12-19-35-71(61)77-72)56-42-44-60-58-27-11-14-30-64(58)74(68(60)48-56)65-31-15-17-33-69(65)76(53-24-8-3-9-25-53)70-34-18-16-32-66(70)74/h1-48H. The Kier molecular flexibility index (Phi) is 9.47. The molecule has 2 heterocycles. The zero-order valence-electron chi connectivity index (χ0n) is 42.0. The SMILES string of the molecule is c1ccc(N2c3ccccc3C3(c4ccccc4-c4ccc(N(c5ccc(-c6ccc7oc8ccccc8c7c6)cc5)c5ccc6c(c5)C(c5ccccc5)(c5ccccc5)c5ccccc5-6)cc43)c3ccccc32)cc1. The number of nitrogens with zero attached hydrogens (tertiary/aromatic N) is 2. The fraction of sp³-hybridized carbons (Fsp3) is 0.0270. The van der Waals surface area contributed by atoms with Crippen LogP contribution in [0.2, 0.25) is 0 Å². The van der Waals surface area contributed by atoms with Gasteiger partial charge in [0.1, 0.15) is 11.2 Å². The Balaban J connectivity index is 0.942. The number of anilines is 6. The summed E-state index contributed by atoms with van der Waals surface area (Å²) >= 11 is 0. The summed E-state index contributed by atoms with van der Waals surface area (Å²) in [5.41, 5.74) is 24.7. The van der Waals surface area contributed by atoms with E-state index in [1.807, 2.05) is 12.1 Å². The fourth-order valence-electron chi connectivity index (χ4n) is 13.8. The zero-order chi connectivity index (χ0) is 50.7. The molecule has 0 saturated carbocycles. The molecule has 2 aliphatic carbocycles. The average Bonchev–Trinajstić information content (AvgIpc) is 3.95. The molecule has 1 aliphatic heterocycles. The Morgan fingerprint density at radius 2 is 0.727 bits per heavy atom. The Hall–Kier alpha value is -9.96. The van der Waals surface area contributed by atoms with E-state index < -0.39 is 10.8 Å². The van der Waals surface area contributed by atoms with Gasteiger partial charge in [0.2, 0.25) is 0 Å². The van der Waals surface area contributed by atoms with Crippen LogP contribution in [0.5, 0.6) is 0 Å². The number of hydrogen-bond acceptors (Lipinski definition) is 3. The van der Waals surface area contributed by atoms with E-state index in [4.69, 9.17) is 4.42 Å². The molecule has 0 saturated heterocycles. The molecule has 1 spiro atoms. The zero-order valence-corrected chi connectivity index (χ0v) is 42.0. The Bertz CT molecular complexity index is 4370. The quantitative estimate of drug-likeness (QED) is 0.159. The minimum atomic E-state index is -0.624. The molecule has 3 nitrogen and oxygen atoms in total. The van der Waals surface area contributed by atoms with Crippen LogP contribution in [0.4, 0.5) is 34.1 Å². The largest absolute Gasteiger partial charge is 0.456 e. The normalized spacial score (nSPS) is 13.9. The van der Waals surface area contributed by atoms with Gasteiger partial charge in [-0.25, -0.2) is 0 Å². The van der Waals surface area contributed by atoms with Gasteiger partial charge in [0, 0.05) is 33.5 Å². The summed E-state index contributed by atoms with van der Waals surface area (Å²) in [5, 5.41) is 2.24. The monoisotopic (exact) mass is 980 g/mol. The van der Waals surface area contributed by atoms with Gasteiger partial charge in [0.05, 0.1) is 22.2 Å². The van der Waals surface area contributed by atoms with Crippen molar-refractivity contribution in [3.05, 3.63) is 336 Å². The molecule has 13 aromatic rings. The van der Waals surface area contributed by atoms with Crippen molar-refractivity contribution in [1.29, 1.82) is 0 Å². The minimum Gasteiger partial charge on any atom is -0.456 e. The third kappa shape index (κ3) is 6.14. The van der Waals surface area contributed by atoms with E-state index in [0.29, 0.717) is 0 Å². The second-order valence-electron chi connectivity index (χ2n) is 20.7. The molecule has 0 N–H and O–H groups in total. The summed E-state index contributed by atoms with van der Waals surface area (Å²) in [5.74, 6) is 0. The fourth-order valence-corrected chi connectivity index (χ4v) is 13.8. The highest BCUT2D eigenvalue weighted by molar-refractivity contribution is 6.06. The lowest BCUT2D eigenvalue weighted by Gasteiger charge is -2.45. The minimum absolute atomic E-state index is 0.570. The van der Waals surface area contributed by atoms with E-state index in [-0.39, 0.29) is 0 Å². The number of hydrogen-bond donors (Lipinski definition) is 0. The smallest absolute Gasteiger partial charge is 0.135 e. The maximum atomic E-state index is 6.26. The second-order valence-corrected chi connectivity index (χ2v) is 20.7. The first kappa shape index (κ1) is 43.4. The molecule has 1 aromatic heterocycles. The molecule has 16 rings (SSSR count). The molecule has 0 unspecified atom stereocenters. The van der Waals surface area contributed by atoms with Crippen molar-refractivity contribution in [2.24, 2.45) is 0 Å². The van der Waals surface area contributed by atoms with Gasteiger partial charge in [-0.2, -0.15) is 0 Å². The van der Waals surface area contributed by atoms with Gasteiger partial charge in [-0.15, -0.1) is 0 Å². The van der Waals surface area contributed by atoms with Crippen LogP contribution in [0.1, 0.15) is 44.5 Å². The van der Waals surface area contributed by atoms with Gasteiger partial charge in [0.25, 0.3) is 0 Å². The maximum Gasteiger partial charge on any atom is 0.135 e. The number of furan rings is 1. The van der Waals surface area contributed by atoms with Crippen molar-refractivity contribution in [2.45, 2.75) is 10.8 Å². The van der Waals surface area contributed by atoms with Crippen LogP contribution < -0.4 is 9.80 Å². The van der Waals surface area contributed by atoms with Gasteiger partial charge < -0.3 is 14.2 Å². The maximum absolute atomic E-state index is 6.26. The van der Waals surface area contributed by atoms with Gasteiger partial charge in [-0.3, -0.25) is 0 Å². The van der Waals surface area contributed by atoms with Crippen molar-refractivity contribution in [3.63, 3.8) is 0 Å². The van der Waals surface area contributed by atoms with Crippen molar-refractivity contribution in [3.8, 4) is 33.4 Å². The molecular formula is C74H48N2O. The van der Waals surface area contributed by atoms with E-state index in [2.05, 4.69) is 289 Å². The topological polar surface area (TPSA) is 19.6 Å². The van der Waals surface area contributed by atoms with Crippen LogP contribution >= 0.6 is 0 Å². The molecule has 0 radical (unpaired) electrons. The van der Waals surface area contributed by atoms with Crippen LogP contribution in [0.3, 0.4) is 0 Å². The molecule has 0 amide bonds. The van der Waals surface area contributed by atoms with Crippen LogP contribution in [0.25, 0.3) is 55.3 Å². The number of rotatable bonds is 7. The van der Waals surface area contributed by atoms with E-state index in [9.17, 15) is 0 Å². The van der Waals surface area contributed by atoms with E-state index in [0.717, 1.165) is 55.8 Å². The molecule has 360 valence electrons. The lowest BCUT2D eigenvalue weighted by atomic mass is 9.64. The van der Waals surface area contributed by atoms with Gasteiger partial charge >= 0.3 is 0 Å². The third-order valence-electron chi connectivity index (χ3n) is 16.9. The first-order valence-electron chi connectivity index (χ1n) is 26.7. The lowest BCUT2D eigenvalue weighted by Crippen LogP contribution is -2.36. The van der Waals surface area contributed by atoms with Gasteiger partial charge in [0.15, 0.2) is 0 Å². The summed E-state index contributed by atoms with van der Waals surface area (Å²) in [6, 6.07) is 108. The summed E-state index contributed by atoms with van der Waals surface area (Å²) in [6.45, 7) is 0. The van der Waals surface area contributed by atoms with E-state index >= 15 is 0 Å². The van der Waals surface area contributed by atoms with Crippen molar-refractivity contribution in [2.75, 3.05) is 9.80 Å². The summed E-state index contributed by atoms with van der Waals surface area (Å²) < 4.78 is 6.26. The number of para-hydroxylation sites is 4. The number of fused-ring (bicyclic) bond motifs is 15. The van der Waals surface area contributed by atoms with Crippen LogP contribution in [0, 0.1) is 0 Å². The highest BCUT2D eigenvalue weighted by atomic mass is 16.3. The Morgan fingerprint density at radius 1 is 0.286 bits per heavy atom. The average molecular weight is 981 g/mol. The van der Waals surface area contributed by atoms with Crippen molar-refractivity contribution >= 4 is 56.1 Å². The first-order chi connectivity index (χ1) is 38.2. The van der Waals surface area contributed by atoms with E-state index in [1.54, 1.807) is 0 Å². The highest BCUT2D eigenvalue weighted by Crippen LogP contribution is 2.64. The highest BCUT2D eigenvalue weighted by Gasteiger charge is 2.52. The van der Waals surface area contributed by atoms with Crippen LogP contribution in [-0.2, 0) is 10.8 Å². The van der Waals surface area contributed by atoms with Crippen LogP contribution in [0.15, 0.2) is 296 Å². The number of benzene rings is 12. The van der Waals surface area contributed by atoms with Crippen molar-refractivity contribution in [1.82, 2.24) is 0 Å².